The van der Waals surface area contributed by atoms with E-state index in [0.29, 0.717) is 43.5 Å². The number of nitrogens with zero attached hydrogens (tertiary/aromatic N) is 1. The zero-order chi connectivity index (χ0) is 30.0. The molecule has 5 rings (SSSR count). The molecule has 3 aromatic rings. The van der Waals surface area contributed by atoms with Gasteiger partial charge in [-0.2, -0.15) is 4.31 Å². The molecule has 3 atom stereocenters. The van der Waals surface area contributed by atoms with Gasteiger partial charge in [-0.05, 0) is 80.5 Å². The van der Waals surface area contributed by atoms with Crippen molar-refractivity contribution < 1.29 is 26.4 Å². The number of anilines is 1. The van der Waals surface area contributed by atoms with Gasteiger partial charge < -0.3 is 16.4 Å². The number of nitrogens with two attached hydrogens (primary N) is 1. The minimum Gasteiger partial charge on any atom is -0.324 e. The van der Waals surface area contributed by atoms with Gasteiger partial charge in [-0.1, -0.05) is 30.3 Å². The Labute approximate surface area is 244 Å². The number of halogens is 3. The maximum atomic E-state index is 15.0. The average Bonchev–Trinajstić information content (AvgIpc) is 3.79. The third-order valence-electron chi connectivity index (χ3n) is 7.92. The van der Waals surface area contributed by atoms with Crippen LogP contribution in [0.4, 0.5) is 18.9 Å². The molecule has 0 spiro atoms. The van der Waals surface area contributed by atoms with E-state index in [2.05, 4.69) is 10.6 Å². The first-order valence-corrected chi connectivity index (χ1v) is 15.7. The van der Waals surface area contributed by atoms with E-state index in [1.165, 1.54) is 42.5 Å². The summed E-state index contributed by atoms with van der Waals surface area (Å²) in [6.07, 6.45) is 1.94. The van der Waals surface area contributed by atoms with Gasteiger partial charge in [0.1, 0.15) is 17.5 Å². The molecule has 1 heterocycles. The monoisotopic (exact) mass is 600 g/mol. The van der Waals surface area contributed by atoms with Crippen molar-refractivity contribution in [3.8, 4) is 11.1 Å². The molecule has 0 aromatic heterocycles. The predicted molar refractivity (Wildman–Crippen MR) is 157 cm³/mol. The number of sulfonamides is 1. The van der Waals surface area contributed by atoms with Crippen molar-refractivity contribution in [2.45, 2.75) is 62.4 Å². The second kappa shape index (κ2) is 12.5. The van der Waals surface area contributed by atoms with Crippen LogP contribution in [0.5, 0.6) is 0 Å². The third kappa shape index (κ3) is 6.70. The molecular weight excluding hydrogens is 565 g/mol. The summed E-state index contributed by atoms with van der Waals surface area (Å²) in [5, 5.41) is 5.64. The van der Waals surface area contributed by atoms with Crippen molar-refractivity contribution in [1.82, 2.24) is 9.62 Å². The summed E-state index contributed by atoms with van der Waals surface area (Å²) in [5.41, 5.74) is 7.78. The molecule has 11 heteroatoms. The minimum atomic E-state index is -3.43. The highest BCUT2D eigenvalue weighted by molar-refractivity contribution is 7.90. The summed E-state index contributed by atoms with van der Waals surface area (Å²) in [6.45, 7) is 2.89. The van der Waals surface area contributed by atoms with Crippen LogP contribution in [-0.2, 0) is 27.7 Å². The predicted octanol–water partition coefficient (Wildman–Crippen LogP) is 4.37. The quantitative estimate of drug-likeness (QED) is 0.321. The van der Waals surface area contributed by atoms with E-state index >= 15 is 4.39 Å². The second-order valence-electron chi connectivity index (χ2n) is 11.2. The van der Waals surface area contributed by atoms with Crippen LogP contribution in [0.3, 0.4) is 0 Å². The molecule has 0 radical (unpaired) electrons. The Morgan fingerprint density at radius 1 is 1.05 bits per heavy atom. The fraction of sp³-hybridized carbons (Fsp3) is 0.387. The summed E-state index contributed by atoms with van der Waals surface area (Å²) < 4.78 is 71.2. The lowest BCUT2D eigenvalue weighted by Gasteiger charge is -2.40. The van der Waals surface area contributed by atoms with Crippen molar-refractivity contribution in [1.29, 1.82) is 0 Å². The Balaban J connectivity index is 1.25. The Kier molecular flexibility index (Phi) is 9.03. The maximum Gasteiger partial charge on any atom is 0.241 e. The molecule has 224 valence electrons. The third-order valence-corrected chi connectivity index (χ3v) is 10.5. The molecule has 0 unspecified atom stereocenters. The average molecular weight is 601 g/mol. The largest absolute Gasteiger partial charge is 0.324 e. The summed E-state index contributed by atoms with van der Waals surface area (Å²) >= 11 is 0. The van der Waals surface area contributed by atoms with Gasteiger partial charge in [0.15, 0.2) is 0 Å². The van der Waals surface area contributed by atoms with E-state index < -0.39 is 39.4 Å². The fourth-order valence-electron chi connectivity index (χ4n) is 5.61. The van der Waals surface area contributed by atoms with Crippen LogP contribution in [-0.4, -0.2) is 55.1 Å². The van der Waals surface area contributed by atoms with Crippen molar-refractivity contribution >= 4 is 21.6 Å². The van der Waals surface area contributed by atoms with Crippen LogP contribution in [0, 0.1) is 17.5 Å². The standard InChI is InChI=1S/C31H35F3N4O3S/c1-19-17-36-18-23(38(19)42(40,41)24-10-11-24)9-13-26-27(33)6-3-7-30(26)37-31(39)29(35)15-20-8-12-25(28(34)14-20)21-4-2-5-22(32)16-21/h2-8,12,14,16,19,23-24,29,36H,9-11,13,15,17-18,35H2,1H3,(H,37,39)/t19-,23-,29-/m0/s1. The smallest absolute Gasteiger partial charge is 0.241 e. The molecule has 3 aromatic carbocycles. The van der Waals surface area contributed by atoms with Gasteiger partial charge in [0, 0.05) is 42.0 Å². The Hall–Kier alpha value is -3.25. The number of piperazine rings is 1. The lowest BCUT2D eigenvalue weighted by molar-refractivity contribution is -0.117. The van der Waals surface area contributed by atoms with Crippen LogP contribution in [0.15, 0.2) is 60.7 Å². The van der Waals surface area contributed by atoms with Gasteiger partial charge in [0.2, 0.25) is 15.9 Å². The normalized spacial score (nSPS) is 20.3. The SMILES string of the molecule is C[C@H]1CNC[C@H](CCc2c(F)cccc2NC(=O)[C@@H](N)Cc2ccc(-c3cccc(F)c3)c(F)c2)N1S(=O)(=O)C1CC1. The summed E-state index contributed by atoms with van der Waals surface area (Å²) in [6, 6.07) is 12.8. The van der Waals surface area contributed by atoms with Gasteiger partial charge in [0.25, 0.3) is 0 Å². The molecule has 1 saturated carbocycles. The van der Waals surface area contributed by atoms with Crippen LogP contribution in [0.1, 0.15) is 37.3 Å². The molecule has 1 saturated heterocycles. The lowest BCUT2D eigenvalue weighted by atomic mass is 9.99. The number of hydrogen-bond donors (Lipinski definition) is 3. The van der Waals surface area contributed by atoms with Gasteiger partial charge in [-0.3, -0.25) is 4.79 Å². The van der Waals surface area contributed by atoms with Crippen LogP contribution in [0.2, 0.25) is 0 Å². The summed E-state index contributed by atoms with van der Waals surface area (Å²) in [4.78, 5) is 13.0. The van der Waals surface area contributed by atoms with E-state index in [-0.39, 0.29) is 47.0 Å². The fourth-order valence-corrected chi connectivity index (χ4v) is 7.86. The maximum absolute atomic E-state index is 15.0. The Bertz CT molecular complexity index is 1560. The van der Waals surface area contributed by atoms with Crippen LogP contribution in [0.25, 0.3) is 11.1 Å². The highest BCUT2D eigenvalue weighted by Crippen LogP contribution is 2.35. The van der Waals surface area contributed by atoms with Crippen molar-refractivity contribution in [2.75, 3.05) is 18.4 Å². The van der Waals surface area contributed by atoms with E-state index in [1.807, 2.05) is 6.92 Å². The highest BCUT2D eigenvalue weighted by atomic mass is 32.2. The van der Waals surface area contributed by atoms with Crippen molar-refractivity contribution in [2.24, 2.45) is 5.73 Å². The molecule has 1 aliphatic heterocycles. The van der Waals surface area contributed by atoms with Gasteiger partial charge in [0.05, 0.1) is 11.3 Å². The highest BCUT2D eigenvalue weighted by Gasteiger charge is 2.45. The zero-order valence-electron chi connectivity index (χ0n) is 23.3. The van der Waals surface area contributed by atoms with Gasteiger partial charge in [-0.25, -0.2) is 21.6 Å². The second-order valence-corrected chi connectivity index (χ2v) is 13.3. The number of carbonyl (C=O) groups is 1. The number of nitrogens with one attached hydrogen (secondary N) is 2. The minimum absolute atomic E-state index is 0.0243. The molecule has 2 fully saturated rings. The van der Waals surface area contributed by atoms with Gasteiger partial charge >= 0.3 is 0 Å². The van der Waals surface area contributed by atoms with E-state index in [9.17, 15) is 22.0 Å². The molecule has 1 amide bonds. The number of benzene rings is 3. The lowest BCUT2D eigenvalue weighted by Crippen LogP contribution is -2.59. The van der Waals surface area contributed by atoms with Gasteiger partial charge in [-0.15, -0.1) is 0 Å². The first-order valence-electron chi connectivity index (χ1n) is 14.2. The molecule has 2 aliphatic rings. The number of amides is 1. The molecule has 1 aliphatic carbocycles. The van der Waals surface area contributed by atoms with Crippen molar-refractivity contribution in [3.05, 3.63) is 89.2 Å². The molecule has 4 N–H and O–H groups in total. The molecular formula is C31H35F3N4O3S. The number of hydrogen-bond acceptors (Lipinski definition) is 5. The summed E-state index contributed by atoms with van der Waals surface area (Å²) in [7, 11) is -3.43. The zero-order valence-corrected chi connectivity index (χ0v) is 24.1. The summed E-state index contributed by atoms with van der Waals surface area (Å²) in [5.74, 6) is -2.12. The molecule has 0 bridgehead atoms. The molecule has 7 nitrogen and oxygen atoms in total. The first kappa shape index (κ1) is 30.2. The van der Waals surface area contributed by atoms with E-state index in [4.69, 9.17) is 5.73 Å². The van der Waals surface area contributed by atoms with Crippen molar-refractivity contribution in [3.63, 3.8) is 0 Å². The van der Waals surface area contributed by atoms with E-state index in [0.717, 1.165) is 0 Å². The molecule has 42 heavy (non-hydrogen) atoms. The topological polar surface area (TPSA) is 105 Å². The number of rotatable bonds is 10. The first-order chi connectivity index (χ1) is 20.0. The number of carbonyl (C=O) groups excluding carboxylic acids is 1. The Morgan fingerprint density at radius 3 is 2.52 bits per heavy atom. The van der Waals surface area contributed by atoms with Crippen LogP contribution < -0.4 is 16.4 Å². The van der Waals surface area contributed by atoms with Crippen LogP contribution >= 0.6 is 0 Å². The Morgan fingerprint density at radius 2 is 1.81 bits per heavy atom. The van der Waals surface area contributed by atoms with E-state index in [1.54, 1.807) is 22.5 Å².